The van der Waals surface area contributed by atoms with E-state index in [0.29, 0.717) is 12.1 Å². The number of rotatable bonds is 6. The van der Waals surface area contributed by atoms with Crippen molar-refractivity contribution in [1.29, 1.82) is 0 Å². The van der Waals surface area contributed by atoms with Gasteiger partial charge in [-0.25, -0.2) is 19.2 Å². The first kappa shape index (κ1) is 52.4. The van der Waals surface area contributed by atoms with Gasteiger partial charge in [0.25, 0.3) is 5.91 Å². The van der Waals surface area contributed by atoms with Gasteiger partial charge >= 0.3 is 48.6 Å². The molecule has 5 N–H and O–H groups in total. The Morgan fingerprint density at radius 2 is 1.18 bits per heavy atom. The van der Waals surface area contributed by atoms with Crippen LogP contribution in [-0.4, -0.2) is 136 Å². The number of carbonyl (C=O) groups is 5. The number of fused-ring (bicyclic) bond motifs is 1. The Kier molecular flexibility index (Phi) is 19.4. The lowest BCUT2D eigenvalue weighted by Gasteiger charge is -2.38. The lowest BCUT2D eigenvalue weighted by molar-refractivity contribution is -0.193. The van der Waals surface area contributed by atoms with Crippen LogP contribution in [-0.2, 0) is 32.3 Å². The predicted octanol–water partition coefficient (Wildman–Crippen LogP) is 4.47. The van der Waals surface area contributed by atoms with E-state index in [1.165, 1.54) is 0 Å². The number of pyridine rings is 3. The quantitative estimate of drug-likeness (QED) is 0.168. The van der Waals surface area contributed by atoms with Crippen LogP contribution in [0.3, 0.4) is 0 Å². The SMILES string of the molecule is CN1CCN(Cc2ccccn2)CC1c1nnc2ccc(C(=O)NCc3ccncc3)cn12.O=C(O)C(F)(F)F.O=C(O)C(F)(F)F.O=C(O)C(F)(F)F.O=C(O)C(F)(F)F. The zero-order chi connectivity index (χ0) is 46.9. The van der Waals surface area contributed by atoms with Gasteiger partial charge in [-0.1, -0.05) is 6.07 Å². The van der Waals surface area contributed by atoms with Gasteiger partial charge < -0.3 is 25.7 Å². The largest absolute Gasteiger partial charge is 0.490 e. The first-order valence-electron chi connectivity index (χ1n) is 16.0. The number of carboxylic acids is 4. The number of aromatic nitrogens is 5. The maximum Gasteiger partial charge on any atom is 0.490 e. The summed E-state index contributed by atoms with van der Waals surface area (Å²) in [6.45, 7) is 3.93. The third-order valence-corrected chi connectivity index (χ3v) is 7.01. The molecule has 17 nitrogen and oxygen atoms in total. The van der Waals surface area contributed by atoms with Crippen LogP contribution in [0.5, 0.6) is 0 Å². The smallest absolute Gasteiger partial charge is 0.475 e. The number of piperazine rings is 1. The molecular weight excluding hydrogens is 868 g/mol. The van der Waals surface area contributed by atoms with Gasteiger partial charge in [0.2, 0.25) is 0 Å². The fourth-order valence-electron chi connectivity index (χ4n) is 4.13. The molecule has 5 rings (SSSR count). The minimum atomic E-state index is -5.08. The Balaban J connectivity index is 0.000000539. The monoisotopic (exact) mass is 898 g/mol. The van der Waals surface area contributed by atoms with Crippen molar-refractivity contribution in [2.75, 3.05) is 26.7 Å². The van der Waals surface area contributed by atoms with Gasteiger partial charge in [0.1, 0.15) is 0 Å². The first-order valence-corrected chi connectivity index (χ1v) is 16.0. The van der Waals surface area contributed by atoms with Gasteiger partial charge in [-0.2, -0.15) is 52.7 Å². The maximum absolute atomic E-state index is 12.8. The van der Waals surface area contributed by atoms with Gasteiger partial charge in [0, 0.05) is 57.5 Å². The molecular formula is C32H30F12N8O9. The van der Waals surface area contributed by atoms with Crippen LogP contribution >= 0.6 is 0 Å². The molecule has 1 fully saturated rings. The highest BCUT2D eigenvalue weighted by Gasteiger charge is 2.40. The molecule has 0 aliphatic carbocycles. The molecule has 1 saturated heterocycles. The standard InChI is InChI=1S/C24H26N8O.4C2HF3O2/c1-30-12-13-31(16-20-4-2-3-9-26-20)17-21(30)23-29-28-22-6-5-19(15-32(22)23)24(33)27-14-18-7-10-25-11-8-18;4*3-2(4,5)1(6)7/h2-11,15,21H,12-14,16-17H2,1H3,(H,27,33);4*(H,6,7). The second-order valence-electron chi connectivity index (χ2n) is 11.5. The summed E-state index contributed by atoms with van der Waals surface area (Å²) < 4.78 is 129. The molecule has 0 aromatic carbocycles. The van der Waals surface area contributed by atoms with Crippen LogP contribution < -0.4 is 5.32 Å². The topological polar surface area (TPSA) is 241 Å². The number of likely N-dealkylation sites (N-methyl/N-ethyl adjacent to an activating group) is 1. The van der Waals surface area contributed by atoms with Crippen LogP contribution in [0.25, 0.3) is 5.65 Å². The van der Waals surface area contributed by atoms with Gasteiger partial charge in [-0.15, -0.1) is 10.2 Å². The number of carbonyl (C=O) groups excluding carboxylic acids is 1. The molecule has 1 aliphatic rings. The predicted molar refractivity (Wildman–Crippen MR) is 178 cm³/mol. The van der Waals surface area contributed by atoms with E-state index in [2.05, 4.69) is 48.4 Å². The zero-order valence-electron chi connectivity index (χ0n) is 30.5. The van der Waals surface area contributed by atoms with Gasteiger partial charge in [0.05, 0.1) is 17.3 Å². The number of hydrogen-bond donors (Lipinski definition) is 5. The highest BCUT2D eigenvalue weighted by Crippen LogP contribution is 2.25. The maximum atomic E-state index is 12.8. The highest BCUT2D eigenvalue weighted by atomic mass is 19.4. The number of nitrogens with one attached hydrogen (secondary N) is 1. The van der Waals surface area contributed by atoms with Crippen molar-refractivity contribution in [2.24, 2.45) is 0 Å². The molecule has 29 heteroatoms. The van der Waals surface area contributed by atoms with E-state index in [9.17, 15) is 57.5 Å². The van der Waals surface area contributed by atoms with Gasteiger partial charge in [0.15, 0.2) is 11.5 Å². The molecule has 1 aliphatic heterocycles. The number of carboxylic acid groups (broad SMARTS) is 4. The van der Waals surface area contributed by atoms with Crippen molar-refractivity contribution in [2.45, 2.75) is 43.8 Å². The molecule has 5 heterocycles. The van der Waals surface area contributed by atoms with E-state index < -0.39 is 48.6 Å². The van der Waals surface area contributed by atoms with E-state index >= 15 is 0 Å². The molecule has 0 radical (unpaired) electrons. The number of nitrogens with zero attached hydrogens (tertiary/aromatic N) is 7. The number of amides is 1. The minimum absolute atomic E-state index is 0.0626. The van der Waals surface area contributed by atoms with Crippen molar-refractivity contribution < 1.29 is 97.1 Å². The van der Waals surface area contributed by atoms with E-state index in [1.54, 1.807) is 18.5 Å². The summed E-state index contributed by atoms with van der Waals surface area (Å²) in [5.74, 6) is -10.3. The third kappa shape index (κ3) is 19.3. The summed E-state index contributed by atoms with van der Waals surface area (Å²) >= 11 is 0. The number of halogens is 12. The van der Waals surface area contributed by atoms with Crippen LogP contribution in [0.15, 0.2) is 67.3 Å². The first-order chi connectivity index (χ1) is 27.9. The molecule has 0 spiro atoms. The molecule has 61 heavy (non-hydrogen) atoms. The molecule has 1 atom stereocenters. The van der Waals surface area contributed by atoms with E-state index in [-0.39, 0.29) is 11.9 Å². The summed E-state index contributed by atoms with van der Waals surface area (Å²) in [5.41, 5.74) is 3.36. The lowest BCUT2D eigenvalue weighted by atomic mass is 10.1. The van der Waals surface area contributed by atoms with Gasteiger partial charge in [-0.3, -0.25) is 29.0 Å². The molecule has 1 amide bonds. The minimum Gasteiger partial charge on any atom is -0.475 e. The second-order valence-corrected chi connectivity index (χ2v) is 11.5. The third-order valence-electron chi connectivity index (χ3n) is 7.01. The molecule has 336 valence electrons. The summed E-state index contributed by atoms with van der Waals surface area (Å²) in [6.07, 6.45) is -13.2. The summed E-state index contributed by atoms with van der Waals surface area (Å²) in [5, 5.41) is 40.3. The number of aliphatic carboxylic acids is 4. The van der Waals surface area contributed by atoms with Crippen LogP contribution in [0.2, 0.25) is 0 Å². The number of hydrogen-bond acceptors (Lipinski definition) is 11. The van der Waals surface area contributed by atoms with Crippen LogP contribution in [0.4, 0.5) is 52.7 Å². The Labute approximate surface area is 332 Å². The molecule has 1 unspecified atom stereocenters. The van der Waals surface area contributed by atoms with E-state index in [4.69, 9.17) is 39.6 Å². The normalized spacial score (nSPS) is 14.5. The van der Waals surface area contributed by atoms with Crippen molar-refractivity contribution in [3.63, 3.8) is 0 Å². The average molecular weight is 899 g/mol. The Morgan fingerprint density at radius 3 is 1.62 bits per heavy atom. The lowest BCUT2D eigenvalue weighted by Crippen LogP contribution is -2.46. The van der Waals surface area contributed by atoms with Crippen molar-refractivity contribution >= 4 is 35.4 Å². The Morgan fingerprint density at radius 1 is 0.689 bits per heavy atom. The van der Waals surface area contributed by atoms with Gasteiger partial charge in [-0.05, 0) is 49.0 Å². The molecule has 0 saturated carbocycles. The van der Waals surface area contributed by atoms with Crippen molar-refractivity contribution in [3.05, 3.63) is 89.9 Å². The van der Waals surface area contributed by atoms with E-state index in [1.807, 2.05) is 47.1 Å². The summed E-state index contributed by atoms with van der Waals surface area (Å²) in [6, 6.07) is 13.5. The summed E-state index contributed by atoms with van der Waals surface area (Å²) in [7, 11) is 2.11. The fourth-order valence-corrected chi connectivity index (χ4v) is 4.13. The zero-order valence-corrected chi connectivity index (χ0v) is 30.5. The molecule has 4 aromatic rings. The van der Waals surface area contributed by atoms with Crippen molar-refractivity contribution in [3.8, 4) is 0 Å². The number of alkyl halides is 12. The van der Waals surface area contributed by atoms with Crippen LogP contribution in [0, 0.1) is 0 Å². The Bertz CT molecular complexity index is 1950. The van der Waals surface area contributed by atoms with Crippen molar-refractivity contribution in [1.82, 2.24) is 39.7 Å². The highest BCUT2D eigenvalue weighted by molar-refractivity contribution is 5.94. The fraction of sp³-hybridized carbons (Fsp3) is 0.344. The second kappa shape index (κ2) is 22.6. The summed E-state index contributed by atoms with van der Waals surface area (Å²) in [4.78, 5) is 61.5. The molecule has 0 bridgehead atoms. The Hall–Kier alpha value is -6.65. The van der Waals surface area contributed by atoms with E-state index in [0.717, 1.165) is 48.9 Å². The average Bonchev–Trinajstić information content (AvgIpc) is 3.58. The molecule has 4 aromatic heterocycles. The van der Waals surface area contributed by atoms with Crippen LogP contribution in [0.1, 0.15) is 33.5 Å².